The molecule has 2 aliphatic rings. The van der Waals surface area contributed by atoms with E-state index in [2.05, 4.69) is 0 Å². The van der Waals surface area contributed by atoms with Crippen LogP contribution in [0.25, 0.3) is 0 Å². The van der Waals surface area contributed by atoms with Gasteiger partial charge in [0, 0.05) is 0 Å². The van der Waals surface area contributed by atoms with Crippen molar-refractivity contribution in [3.05, 3.63) is 11.1 Å². The Labute approximate surface area is 127 Å². The largest absolute Gasteiger partial charge is 0.478 e. The molecule has 2 saturated carbocycles. The number of allylic oxidation sites excluding steroid dienone is 1. The lowest BCUT2D eigenvalue weighted by Crippen LogP contribution is -2.32. The molecule has 0 saturated heterocycles. The molecule has 2 aliphatic carbocycles. The summed E-state index contributed by atoms with van der Waals surface area (Å²) in [6.07, 6.45) is 9.04. The molecule has 0 heterocycles. The second-order valence-electron chi connectivity index (χ2n) is 6.27. The lowest BCUT2D eigenvalue weighted by atomic mass is 10.1. The minimum Gasteiger partial charge on any atom is -0.478 e. The Hall–Kier alpha value is -0.870. The van der Waals surface area contributed by atoms with Gasteiger partial charge < -0.3 is 14.6 Å². The van der Waals surface area contributed by atoms with Crippen LogP contribution in [0, 0.1) is 0 Å². The maximum atomic E-state index is 11.7. The summed E-state index contributed by atoms with van der Waals surface area (Å²) in [6, 6.07) is 0. The first-order valence-corrected chi connectivity index (χ1v) is 8.35. The fourth-order valence-electron chi connectivity index (χ4n) is 3.24. The minimum absolute atomic E-state index is 0.149. The molecule has 0 radical (unpaired) electrons. The summed E-state index contributed by atoms with van der Waals surface area (Å²) in [7, 11) is 0. The van der Waals surface area contributed by atoms with Crippen molar-refractivity contribution in [3.8, 4) is 0 Å². The number of hydrogen-bond donors (Lipinski definition) is 1. The van der Waals surface area contributed by atoms with Crippen molar-refractivity contribution in [1.82, 2.24) is 0 Å². The summed E-state index contributed by atoms with van der Waals surface area (Å²) in [6.45, 7) is 3.84. The fourth-order valence-corrected chi connectivity index (χ4v) is 3.24. The van der Waals surface area contributed by atoms with Gasteiger partial charge in [0.1, 0.15) is 0 Å². The summed E-state index contributed by atoms with van der Waals surface area (Å²) >= 11 is 0. The van der Waals surface area contributed by atoms with Gasteiger partial charge in [0.15, 0.2) is 6.29 Å². The zero-order valence-corrected chi connectivity index (χ0v) is 13.3. The van der Waals surface area contributed by atoms with Gasteiger partial charge in [-0.1, -0.05) is 38.2 Å². The van der Waals surface area contributed by atoms with Gasteiger partial charge in [-0.05, 0) is 39.0 Å². The fraction of sp³-hybridized carbons (Fsp3) is 0.824. The van der Waals surface area contributed by atoms with E-state index in [-0.39, 0.29) is 12.2 Å². The Balaban J connectivity index is 2.13. The highest BCUT2D eigenvalue weighted by molar-refractivity contribution is 5.88. The topological polar surface area (TPSA) is 55.8 Å². The third kappa shape index (κ3) is 4.55. The molecule has 4 nitrogen and oxygen atoms in total. The van der Waals surface area contributed by atoms with Gasteiger partial charge in [-0.25, -0.2) is 4.79 Å². The first-order valence-electron chi connectivity index (χ1n) is 8.35. The highest BCUT2D eigenvalue weighted by Crippen LogP contribution is 2.30. The van der Waals surface area contributed by atoms with E-state index in [1.54, 1.807) is 0 Å². The molecule has 0 aliphatic heterocycles. The smallest absolute Gasteiger partial charge is 0.336 e. The van der Waals surface area contributed by atoms with E-state index in [9.17, 15) is 9.90 Å². The van der Waals surface area contributed by atoms with Gasteiger partial charge in [0.25, 0.3) is 0 Å². The molecule has 0 aromatic heterocycles. The van der Waals surface area contributed by atoms with Crippen LogP contribution in [0.15, 0.2) is 11.1 Å². The number of hydrogen-bond acceptors (Lipinski definition) is 3. The maximum absolute atomic E-state index is 11.7. The van der Waals surface area contributed by atoms with Gasteiger partial charge >= 0.3 is 5.97 Å². The van der Waals surface area contributed by atoms with Gasteiger partial charge in [-0.15, -0.1) is 0 Å². The minimum atomic E-state index is -0.907. The highest BCUT2D eigenvalue weighted by Gasteiger charge is 2.31. The first kappa shape index (κ1) is 16.5. The number of aliphatic carboxylic acids is 1. The molecular weight excluding hydrogens is 268 g/mol. The summed E-state index contributed by atoms with van der Waals surface area (Å²) in [4.78, 5) is 11.7. The molecule has 2 fully saturated rings. The second-order valence-corrected chi connectivity index (χ2v) is 6.27. The first-order chi connectivity index (χ1) is 10.1. The van der Waals surface area contributed by atoms with Crippen molar-refractivity contribution in [2.45, 2.75) is 90.1 Å². The van der Waals surface area contributed by atoms with Crippen molar-refractivity contribution in [2.75, 3.05) is 0 Å². The molecule has 0 bridgehead atoms. The quantitative estimate of drug-likeness (QED) is 0.569. The van der Waals surface area contributed by atoms with Crippen LogP contribution in [0.1, 0.15) is 71.6 Å². The summed E-state index contributed by atoms with van der Waals surface area (Å²) in [5.74, 6) is -0.907. The predicted molar refractivity (Wildman–Crippen MR) is 81.1 cm³/mol. The second kappa shape index (κ2) is 7.95. The molecule has 0 aromatic carbocycles. The van der Waals surface area contributed by atoms with E-state index in [0.29, 0.717) is 12.0 Å². The van der Waals surface area contributed by atoms with Crippen LogP contribution in [-0.2, 0) is 14.3 Å². The number of ether oxygens (including phenoxy) is 2. The molecule has 2 rings (SSSR count). The van der Waals surface area contributed by atoms with E-state index >= 15 is 0 Å². The summed E-state index contributed by atoms with van der Waals surface area (Å²) in [5, 5.41) is 9.58. The highest BCUT2D eigenvalue weighted by atomic mass is 16.7. The van der Waals surface area contributed by atoms with Crippen LogP contribution in [0.3, 0.4) is 0 Å². The maximum Gasteiger partial charge on any atom is 0.336 e. The standard InChI is InChI=1S/C17H28O4/c1-3-12(2)15(16(18)19)17(20-13-8-4-5-9-13)21-14-10-6-7-11-14/h13-14,17H,3-11H2,1-2H3,(H,18,19). The van der Waals surface area contributed by atoms with Crippen LogP contribution in [0.2, 0.25) is 0 Å². The zero-order valence-electron chi connectivity index (χ0n) is 13.3. The van der Waals surface area contributed by atoms with E-state index in [0.717, 1.165) is 31.3 Å². The number of carbonyl (C=O) groups is 1. The average Bonchev–Trinajstić information content (AvgIpc) is 3.11. The summed E-state index contributed by atoms with van der Waals surface area (Å²) < 4.78 is 12.1. The van der Waals surface area contributed by atoms with Crippen molar-refractivity contribution >= 4 is 5.97 Å². The molecule has 1 N–H and O–H groups in total. The Bertz CT molecular complexity index is 358. The SMILES string of the molecule is CCC(C)=C(C(=O)O)C(OC1CCCC1)OC1CCCC1. The molecule has 0 atom stereocenters. The van der Waals surface area contributed by atoms with E-state index < -0.39 is 12.3 Å². The number of rotatable bonds is 7. The van der Waals surface area contributed by atoms with Gasteiger partial charge in [-0.3, -0.25) is 0 Å². The third-order valence-electron chi connectivity index (χ3n) is 4.69. The number of carboxylic acid groups (broad SMARTS) is 1. The predicted octanol–water partition coefficient (Wildman–Crippen LogP) is 4.04. The van der Waals surface area contributed by atoms with Crippen LogP contribution < -0.4 is 0 Å². The van der Waals surface area contributed by atoms with Crippen LogP contribution in [-0.4, -0.2) is 29.6 Å². The van der Waals surface area contributed by atoms with E-state index in [4.69, 9.17) is 9.47 Å². The zero-order chi connectivity index (χ0) is 15.2. The molecule has 120 valence electrons. The third-order valence-corrected chi connectivity index (χ3v) is 4.69. The van der Waals surface area contributed by atoms with Gasteiger partial charge in [0.05, 0.1) is 17.8 Å². The lowest BCUT2D eigenvalue weighted by molar-refractivity contribution is -0.177. The van der Waals surface area contributed by atoms with Crippen molar-refractivity contribution in [3.63, 3.8) is 0 Å². The molecule has 0 amide bonds. The summed E-state index contributed by atoms with van der Waals surface area (Å²) in [5.41, 5.74) is 1.17. The Morgan fingerprint density at radius 1 is 1.05 bits per heavy atom. The Kier molecular flexibility index (Phi) is 6.24. The van der Waals surface area contributed by atoms with E-state index in [1.807, 2.05) is 13.8 Å². The Morgan fingerprint density at radius 3 is 1.81 bits per heavy atom. The molecule has 4 heteroatoms. The van der Waals surface area contributed by atoms with Crippen LogP contribution >= 0.6 is 0 Å². The van der Waals surface area contributed by atoms with Crippen molar-refractivity contribution < 1.29 is 19.4 Å². The normalized spacial score (nSPS) is 22.0. The van der Waals surface area contributed by atoms with Gasteiger partial charge in [-0.2, -0.15) is 0 Å². The van der Waals surface area contributed by atoms with Crippen LogP contribution in [0.5, 0.6) is 0 Å². The van der Waals surface area contributed by atoms with Gasteiger partial charge in [0.2, 0.25) is 0 Å². The molecular formula is C17H28O4. The van der Waals surface area contributed by atoms with Crippen LogP contribution in [0.4, 0.5) is 0 Å². The van der Waals surface area contributed by atoms with Crippen molar-refractivity contribution in [2.24, 2.45) is 0 Å². The van der Waals surface area contributed by atoms with Crippen molar-refractivity contribution in [1.29, 1.82) is 0 Å². The molecule has 0 spiro atoms. The number of carboxylic acids is 1. The molecule has 21 heavy (non-hydrogen) atoms. The average molecular weight is 296 g/mol. The monoisotopic (exact) mass is 296 g/mol. The molecule has 0 unspecified atom stereocenters. The lowest BCUT2D eigenvalue weighted by Gasteiger charge is -2.27. The van der Waals surface area contributed by atoms with E-state index in [1.165, 1.54) is 25.7 Å². The molecule has 0 aromatic rings. The Morgan fingerprint density at radius 2 is 1.48 bits per heavy atom.